The van der Waals surface area contributed by atoms with Crippen LogP contribution in [0.2, 0.25) is 0 Å². The van der Waals surface area contributed by atoms with Crippen molar-refractivity contribution < 1.29 is 4.92 Å². The first-order chi connectivity index (χ1) is 10.6. The molecule has 0 aliphatic heterocycles. The highest BCUT2D eigenvalue weighted by Gasteiger charge is 2.13. The Morgan fingerprint density at radius 2 is 2.23 bits per heavy atom. The summed E-state index contributed by atoms with van der Waals surface area (Å²) in [7, 11) is 0. The van der Waals surface area contributed by atoms with Gasteiger partial charge in [0.15, 0.2) is 5.82 Å². The van der Waals surface area contributed by atoms with Gasteiger partial charge in [0, 0.05) is 24.1 Å². The average molecular weight is 296 g/mol. The molecule has 0 bridgehead atoms. The largest absolute Gasteiger partial charge is 0.270 e. The van der Waals surface area contributed by atoms with E-state index < -0.39 is 4.92 Å². The van der Waals surface area contributed by atoms with Crippen LogP contribution in [0.5, 0.6) is 0 Å². The summed E-state index contributed by atoms with van der Waals surface area (Å²) >= 11 is 0. The van der Waals surface area contributed by atoms with Crippen LogP contribution in [0.1, 0.15) is 12.8 Å². The molecule has 2 rings (SSSR count). The Labute approximate surface area is 126 Å². The average Bonchev–Trinajstić information content (AvgIpc) is 3.00. The van der Waals surface area contributed by atoms with Gasteiger partial charge >= 0.3 is 0 Å². The molecule has 0 unspecified atom stereocenters. The second kappa shape index (κ2) is 6.95. The molecule has 0 radical (unpaired) electrons. The first kappa shape index (κ1) is 15.1. The molecule has 110 valence electrons. The van der Waals surface area contributed by atoms with Crippen LogP contribution in [0.25, 0.3) is 11.4 Å². The minimum Gasteiger partial charge on any atom is -0.258 e. The molecule has 22 heavy (non-hydrogen) atoms. The van der Waals surface area contributed by atoms with E-state index in [2.05, 4.69) is 16.2 Å². The zero-order chi connectivity index (χ0) is 15.9. The molecule has 1 aromatic carbocycles. The van der Waals surface area contributed by atoms with Crippen molar-refractivity contribution in [2.75, 3.05) is 0 Å². The zero-order valence-electron chi connectivity index (χ0n) is 11.6. The summed E-state index contributed by atoms with van der Waals surface area (Å²) in [5, 5.41) is 32.6. The fraction of sp³-hybridized carbons (Fsp3) is 0.286. The van der Waals surface area contributed by atoms with Crippen molar-refractivity contribution in [3.8, 4) is 23.5 Å². The first-order valence-corrected chi connectivity index (χ1v) is 6.55. The first-order valence-electron chi connectivity index (χ1n) is 6.55. The quantitative estimate of drug-likeness (QED) is 0.595. The molecule has 2 aromatic rings. The van der Waals surface area contributed by atoms with Gasteiger partial charge in [0.2, 0.25) is 0 Å². The third-order valence-corrected chi connectivity index (χ3v) is 3.05. The van der Waals surface area contributed by atoms with Crippen molar-refractivity contribution >= 4 is 5.69 Å². The van der Waals surface area contributed by atoms with Gasteiger partial charge in [-0.25, -0.2) is 4.98 Å². The molecule has 0 spiro atoms. The van der Waals surface area contributed by atoms with Crippen molar-refractivity contribution in [1.82, 2.24) is 14.8 Å². The second-order valence-electron chi connectivity index (χ2n) is 4.62. The lowest BCUT2D eigenvalue weighted by Crippen LogP contribution is -2.09. The van der Waals surface area contributed by atoms with E-state index in [4.69, 9.17) is 10.5 Å². The van der Waals surface area contributed by atoms with Crippen molar-refractivity contribution in [3.63, 3.8) is 0 Å². The molecule has 1 aromatic heterocycles. The summed E-state index contributed by atoms with van der Waals surface area (Å²) in [6, 6.07) is 10.2. The molecule has 0 aliphatic carbocycles. The van der Waals surface area contributed by atoms with E-state index in [1.165, 1.54) is 23.1 Å². The maximum Gasteiger partial charge on any atom is 0.270 e. The zero-order valence-corrected chi connectivity index (χ0v) is 11.6. The van der Waals surface area contributed by atoms with Crippen LogP contribution in [0.15, 0.2) is 30.6 Å². The van der Waals surface area contributed by atoms with E-state index in [1.54, 1.807) is 12.1 Å². The maximum atomic E-state index is 10.8. The Bertz CT molecular complexity index is 755. The molecule has 8 nitrogen and oxygen atoms in total. The van der Waals surface area contributed by atoms with Gasteiger partial charge in [-0.2, -0.15) is 15.6 Å². The molecule has 1 atom stereocenters. The standard InChI is InChI=1S/C14H12N6O2/c15-6-2-3-11(8-16)9-19-10-17-14(18-19)12-4-1-5-13(7-12)20(21)22/h1,4-5,7,10-11H,2-3,9H2/t11-/m0/s1. The molecular formula is C14H12N6O2. The van der Waals surface area contributed by atoms with Gasteiger partial charge < -0.3 is 0 Å². The summed E-state index contributed by atoms with van der Waals surface area (Å²) in [5.74, 6) is 0.0417. The molecule has 1 heterocycles. The molecule has 0 aliphatic rings. The molecule has 8 heteroatoms. The number of nitro benzene ring substituents is 1. The van der Waals surface area contributed by atoms with Gasteiger partial charge in [-0.3, -0.25) is 14.8 Å². The third-order valence-electron chi connectivity index (χ3n) is 3.05. The van der Waals surface area contributed by atoms with Crippen LogP contribution in [0.3, 0.4) is 0 Å². The van der Waals surface area contributed by atoms with Crippen LogP contribution >= 0.6 is 0 Å². The number of non-ortho nitro benzene ring substituents is 1. The van der Waals surface area contributed by atoms with Crippen LogP contribution in [-0.4, -0.2) is 19.7 Å². The lowest BCUT2D eigenvalue weighted by molar-refractivity contribution is -0.384. The van der Waals surface area contributed by atoms with Gasteiger partial charge in [0.1, 0.15) is 6.33 Å². The Kier molecular flexibility index (Phi) is 4.78. The number of nitro groups is 1. The van der Waals surface area contributed by atoms with E-state index in [1.807, 2.05) is 6.07 Å². The van der Waals surface area contributed by atoms with E-state index in [9.17, 15) is 10.1 Å². The van der Waals surface area contributed by atoms with Crippen LogP contribution in [0.4, 0.5) is 5.69 Å². The van der Waals surface area contributed by atoms with E-state index in [0.717, 1.165) is 0 Å². The monoisotopic (exact) mass is 296 g/mol. The summed E-state index contributed by atoms with van der Waals surface area (Å²) in [4.78, 5) is 14.4. The molecule has 0 saturated heterocycles. The predicted molar refractivity (Wildman–Crippen MR) is 76.1 cm³/mol. The van der Waals surface area contributed by atoms with Crippen LogP contribution in [-0.2, 0) is 6.54 Å². The van der Waals surface area contributed by atoms with E-state index in [0.29, 0.717) is 30.8 Å². The van der Waals surface area contributed by atoms with Crippen molar-refractivity contribution in [2.45, 2.75) is 19.4 Å². The molecule has 0 N–H and O–H groups in total. The Morgan fingerprint density at radius 1 is 1.41 bits per heavy atom. The van der Waals surface area contributed by atoms with Crippen LogP contribution in [0, 0.1) is 38.7 Å². The van der Waals surface area contributed by atoms with Gasteiger partial charge in [0.05, 0.1) is 29.5 Å². The number of nitriles is 2. The molecular weight excluding hydrogens is 284 g/mol. The summed E-state index contributed by atoms with van der Waals surface area (Å²) in [6.45, 7) is 0.333. The predicted octanol–water partition coefficient (Wildman–Crippen LogP) is 2.30. The summed E-state index contributed by atoms with van der Waals surface area (Å²) < 4.78 is 1.51. The van der Waals surface area contributed by atoms with Crippen molar-refractivity contribution in [1.29, 1.82) is 10.5 Å². The number of hydrogen-bond acceptors (Lipinski definition) is 6. The number of rotatable bonds is 6. The fourth-order valence-corrected chi connectivity index (χ4v) is 1.93. The normalized spacial score (nSPS) is 11.4. The van der Waals surface area contributed by atoms with Gasteiger partial charge in [-0.15, -0.1) is 0 Å². The SMILES string of the molecule is N#CCC[C@@H](C#N)Cn1cnc(-c2cccc([N+](=O)[O-])c2)n1. The molecule has 0 fully saturated rings. The van der Waals surface area contributed by atoms with Gasteiger partial charge in [-0.05, 0) is 6.42 Å². The minimum absolute atomic E-state index is 0.0298. The number of aromatic nitrogens is 3. The minimum atomic E-state index is -0.478. The third kappa shape index (κ3) is 3.64. The number of benzene rings is 1. The smallest absolute Gasteiger partial charge is 0.258 e. The molecule has 0 amide bonds. The fourth-order valence-electron chi connectivity index (χ4n) is 1.93. The number of nitrogens with zero attached hydrogens (tertiary/aromatic N) is 6. The highest BCUT2D eigenvalue weighted by molar-refractivity contribution is 5.58. The lowest BCUT2D eigenvalue weighted by atomic mass is 10.1. The van der Waals surface area contributed by atoms with Crippen LogP contribution < -0.4 is 0 Å². The van der Waals surface area contributed by atoms with E-state index in [-0.39, 0.29) is 11.6 Å². The topological polar surface area (TPSA) is 121 Å². The lowest BCUT2D eigenvalue weighted by Gasteiger charge is -2.05. The second-order valence-corrected chi connectivity index (χ2v) is 4.62. The Balaban J connectivity index is 2.15. The van der Waals surface area contributed by atoms with E-state index >= 15 is 0 Å². The van der Waals surface area contributed by atoms with Crippen molar-refractivity contribution in [2.24, 2.45) is 5.92 Å². The highest BCUT2D eigenvalue weighted by atomic mass is 16.6. The van der Waals surface area contributed by atoms with Gasteiger partial charge in [0.25, 0.3) is 5.69 Å². The van der Waals surface area contributed by atoms with Crippen molar-refractivity contribution in [3.05, 3.63) is 40.7 Å². The number of hydrogen-bond donors (Lipinski definition) is 0. The Morgan fingerprint density at radius 3 is 2.91 bits per heavy atom. The van der Waals surface area contributed by atoms with Gasteiger partial charge in [-0.1, -0.05) is 12.1 Å². The maximum absolute atomic E-state index is 10.8. The Hall–Kier alpha value is -3.26. The summed E-state index contributed by atoms with van der Waals surface area (Å²) in [5.41, 5.74) is 0.510. The molecule has 0 saturated carbocycles. The summed E-state index contributed by atoms with van der Waals surface area (Å²) in [6.07, 6.45) is 2.26. The highest BCUT2D eigenvalue weighted by Crippen LogP contribution is 2.20.